The third-order valence-electron chi connectivity index (χ3n) is 9.36. The van der Waals surface area contributed by atoms with Crippen LogP contribution in [0.2, 0.25) is 0 Å². The molecule has 0 bridgehead atoms. The molecule has 0 saturated carbocycles. The van der Waals surface area contributed by atoms with Crippen LogP contribution >= 0.6 is 0 Å². The summed E-state index contributed by atoms with van der Waals surface area (Å²) in [5.74, 6) is -0.999. The molecule has 2 atom stereocenters. The summed E-state index contributed by atoms with van der Waals surface area (Å²) in [5.41, 5.74) is 8.83. The van der Waals surface area contributed by atoms with Crippen molar-refractivity contribution >= 4 is 35.3 Å². The van der Waals surface area contributed by atoms with Crippen molar-refractivity contribution in [3.63, 3.8) is 0 Å². The number of hydrogen-bond donors (Lipinski definition) is 5. The Hall–Kier alpha value is -6.42. The highest BCUT2D eigenvalue weighted by atomic mass is 16.5. The molecule has 5 amide bonds. The van der Waals surface area contributed by atoms with Crippen LogP contribution in [0.1, 0.15) is 106 Å². The molecule has 0 fully saturated rings. The predicted molar refractivity (Wildman–Crippen MR) is 224 cm³/mol. The fraction of sp³-hybridized carbons (Fsp3) is 0.409. The summed E-state index contributed by atoms with van der Waals surface area (Å²) < 4.78 is 13.1. The first-order chi connectivity index (χ1) is 28.8. The molecular formula is C44H56N8O8. The van der Waals surface area contributed by atoms with Gasteiger partial charge in [0, 0.05) is 47.8 Å². The molecule has 0 aliphatic rings. The van der Waals surface area contributed by atoms with Gasteiger partial charge in [-0.3, -0.25) is 28.8 Å². The van der Waals surface area contributed by atoms with Gasteiger partial charge in [0.1, 0.15) is 24.1 Å². The van der Waals surface area contributed by atoms with Gasteiger partial charge in [-0.2, -0.15) is 0 Å². The van der Waals surface area contributed by atoms with Crippen LogP contribution in [-0.4, -0.2) is 89.2 Å². The van der Waals surface area contributed by atoms with Crippen molar-refractivity contribution < 1.29 is 38.2 Å². The van der Waals surface area contributed by atoms with Gasteiger partial charge in [-0.1, -0.05) is 56.3 Å². The zero-order valence-corrected chi connectivity index (χ0v) is 34.7. The molecule has 1 heterocycles. The number of carbonyl (C=O) groups is 6. The van der Waals surface area contributed by atoms with E-state index in [2.05, 4.69) is 31.6 Å². The lowest BCUT2D eigenvalue weighted by atomic mass is 9.97. The van der Waals surface area contributed by atoms with Crippen molar-refractivity contribution in [2.75, 3.05) is 32.8 Å². The lowest BCUT2D eigenvalue weighted by Crippen LogP contribution is -2.46. The number of hydrogen-bond acceptors (Lipinski definition) is 10. The van der Waals surface area contributed by atoms with E-state index >= 15 is 0 Å². The van der Waals surface area contributed by atoms with Crippen LogP contribution in [0, 0.1) is 11.8 Å². The Labute approximate surface area is 350 Å². The van der Waals surface area contributed by atoms with Crippen molar-refractivity contribution in [2.45, 2.75) is 72.6 Å². The molecule has 0 radical (unpaired) electrons. The maximum absolute atomic E-state index is 12.9. The molecule has 0 saturated heterocycles. The molecule has 3 aromatic carbocycles. The van der Waals surface area contributed by atoms with E-state index in [1.807, 2.05) is 26.8 Å². The molecule has 6 N–H and O–H groups in total. The van der Waals surface area contributed by atoms with E-state index in [1.165, 1.54) is 6.92 Å². The molecule has 4 rings (SSSR count). The van der Waals surface area contributed by atoms with Gasteiger partial charge in [0.2, 0.25) is 11.8 Å². The predicted octanol–water partition coefficient (Wildman–Crippen LogP) is 3.84. The van der Waals surface area contributed by atoms with E-state index in [-0.39, 0.29) is 68.2 Å². The summed E-state index contributed by atoms with van der Waals surface area (Å²) in [6.45, 7) is 9.33. The Morgan fingerprint density at radius 3 is 2.02 bits per heavy atom. The van der Waals surface area contributed by atoms with Crippen molar-refractivity contribution in [2.24, 2.45) is 17.6 Å². The minimum absolute atomic E-state index is 0.0683. The van der Waals surface area contributed by atoms with E-state index in [4.69, 9.17) is 15.2 Å². The fourth-order valence-corrected chi connectivity index (χ4v) is 6.19. The van der Waals surface area contributed by atoms with Crippen LogP contribution < -0.4 is 31.7 Å². The Balaban J connectivity index is 1.12. The highest BCUT2D eigenvalue weighted by Gasteiger charge is 2.22. The first-order valence-corrected chi connectivity index (χ1v) is 20.1. The quantitative estimate of drug-likeness (QED) is 0.0480. The van der Waals surface area contributed by atoms with Crippen LogP contribution in [0.3, 0.4) is 0 Å². The number of unbranched alkanes of at least 4 members (excludes halogenated alkanes) is 1. The summed E-state index contributed by atoms with van der Waals surface area (Å²) in [4.78, 5) is 73.7. The molecule has 320 valence electrons. The minimum Gasteiger partial charge on any atom is -0.487 e. The lowest BCUT2D eigenvalue weighted by Gasteiger charge is -2.19. The third-order valence-corrected chi connectivity index (χ3v) is 9.36. The number of amides is 5. The number of aromatic nitrogens is 3. The number of ketones is 1. The van der Waals surface area contributed by atoms with Gasteiger partial charge in [0.15, 0.2) is 5.78 Å². The monoisotopic (exact) mass is 824 g/mol. The van der Waals surface area contributed by atoms with Gasteiger partial charge in [0.05, 0.1) is 26.0 Å². The molecule has 4 aromatic rings. The van der Waals surface area contributed by atoms with Crippen LogP contribution in [0.15, 0.2) is 79.0 Å². The molecule has 0 unspecified atom stereocenters. The fourth-order valence-electron chi connectivity index (χ4n) is 6.19. The Morgan fingerprint density at radius 1 is 0.750 bits per heavy atom. The van der Waals surface area contributed by atoms with Gasteiger partial charge in [0.25, 0.3) is 17.7 Å². The molecule has 0 aliphatic heterocycles. The zero-order valence-electron chi connectivity index (χ0n) is 34.7. The van der Waals surface area contributed by atoms with Gasteiger partial charge < -0.3 is 36.5 Å². The number of nitrogens with zero attached hydrogens (tertiary/aromatic N) is 3. The molecule has 60 heavy (non-hydrogen) atoms. The second-order valence-corrected chi connectivity index (χ2v) is 14.9. The maximum atomic E-state index is 12.9. The lowest BCUT2D eigenvalue weighted by molar-refractivity contribution is -0.130. The van der Waals surface area contributed by atoms with Crippen LogP contribution in [0.5, 0.6) is 5.75 Å². The van der Waals surface area contributed by atoms with Crippen LogP contribution in [-0.2, 0) is 27.5 Å². The van der Waals surface area contributed by atoms with Crippen molar-refractivity contribution in [1.29, 1.82) is 0 Å². The number of benzene rings is 3. The third kappa shape index (κ3) is 15.7. The number of rotatable bonds is 25. The number of Topliss-reactive ketones (excluding diaryl/α,β-unsaturated/α-hetero) is 1. The van der Waals surface area contributed by atoms with Crippen LogP contribution in [0.25, 0.3) is 0 Å². The highest BCUT2D eigenvalue weighted by molar-refractivity contribution is 5.98. The maximum Gasteiger partial charge on any atom is 0.251 e. The van der Waals surface area contributed by atoms with E-state index in [1.54, 1.807) is 77.6 Å². The summed E-state index contributed by atoms with van der Waals surface area (Å²) in [5, 5.41) is 19.6. The molecule has 0 aliphatic carbocycles. The standard InChI is InChI=1S/C44H56N8O8/c1-29(2)23-30(3)41(55)49-39(40(45)54)13-5-6-18-46-43(57)35-10-7-9-32(24-35)26-52-27-37(50-51-52)28-60-38-12-8-11-36(25-38)44(58)48-20-22-59-21-19-47-42(56)34-16-14-33(15-17-34)31(4)53/h7-12,14-17,24-25,27,29-30,39H,5-6,13,18-23,26,28H2,1-4H3,(H2,45,54)(H,46,57)(H,47,56)(H,48,58)(H,49,55)/t30-,39-/m0/s1. The van der Waals surface area contributed by atoms with Crippen molar-refractivity contribution in [1.82, 2.24) is 36.3 Å². The number of primary amides is 1. The molecule has 16 nitrogen and oxygen atoms in total. The summed E-state index contributed by atoms with van der Waals surface area (Å²) in [6, 6.07) is 19.6. The molecule has 0 spiro atoms. The molecular weight excluding hydrogens is 769 g/mol. The topological polar surface area (TPSA) is 226 Å². The number of nitrogens with one attached hydrogen (secondary N) is 4. The van der Waals surface area contributed by atoms with Crippen molar-refractivity contribution in [3.05, 3.63) is 113 Å². The van der Waals surface area contributed by atoms with E-state index < -0.39 is 11.9 Å². The SMILES string of the molecule is CC(=O)c1ccc(C(=O)NCCOCCNC(=O)c2cccc(OCc3cn(Cc4cccc(C(=O)NCCCC[C@H](NC(=O)[C@@H](C)CC(C)C)C(N)=O)c4)nn3)c2)cc1. The van der Waals surface area contributed by atoms with Gasteiger partial charge >= 0.3 is 0 Å². The molecule has 16 heteroatoms. The van der Waals surface area contributed by atoms with Gasteiger partial charge in [-0.15, -0.1) is 5.10 Å². The first-order valence-electron chi connectivity index (χ1n) is 20.1. The average Bonchev–Trinajstić information content (AvgIpc) is 3.68. The molecule has 1 aromatic heterocycles. The summed E-state index contributed by atoms with van der Waals surface area (Å²) in [6.07, 6.45) is 4.06. The Kier molecular flexibility index (Phi) is 18.4. The Bertz CT molecular complexity index is 2070. The van der Waals surface area contributed by atoms with E-state index in [0.717, 1.165) is 12.0 Å². The van der Waals surface area contributed by atoms with E-state index in [9.17, 15) is 28.8 Å². The van der Waals surface area contributed by atoms with E-state index in [0.29, 0.717) is 72.0 Å². The average molecular weight is 825 g/mol. The Morgan fingerprint density at radius 2 is 1.37 bits per heavy atom. The summed E-state index contributed by atoms with van der Waals surface area (Å²) in [7, 11) is 0. The number of carbonyl (C=O) groups excluding carboxylic acids is 6. The largest absolute Gasteiger partial charge is 0.487 e. The smallest absolute Gasteiger partial charge is 0.251 e. The second-order valence-electron chi connectivity index (χ2n) is 14.9. The highest BCUT2D eigenvalue weighted by Crippen LogP contribution is 2.16. The first kappa shape index (κ1) is 46.3. The number of ether oxygens (including phenoxy) is 2. The van der Waals surface area contributed by atoms with Gasteiger partial charge in [-0.05, 0) is 86.6 Å². The summed E-state index contributed by atoms with van der Waals surface area (Å²) >= 11 is 0. The normalized spacial score (nSPS) is 11.9. The minimum atomic E-state index is -0.750. The van der Waals surface area contributed by atoms with Gasteiger partial charge in [-0.25, -0.2) is 4.68 Å². The van der Waals surface area contributed by atoms with Crippen LogP contribution in [0.4, 0.5) is 0 Å². The van der Waals surface area contributed by atoms with Crippen molar-refractivity contribution in [3.8, 4) is 5.75 Å². The zero-order chi connectivity index (χ0) is 43.4. The second kappa shape index (κ2) is 23.9. The number of nitrogens with two attached hydrogens (primary N) is 1.